The van der Waals surface area contributed by atoms with Gasteiger partial charge in [0, 0.05) is 6.54 Å². The average molecular weight is 421 g/mol. The van der Waals surface area contributed by atoms with E-state index in [0.717, 1.165) is 15.9 Å². The number of hydrogen-bond donors (Lipinski definition) is 1. The zero-order valence-electron chi connectivity index (χ0n) is 13.8. The molecule has 0 radical (unpaired) electrons. The molecule has 1 aromatic carbocycles. The molecule has 0 saturated carbocycles. The van der Waals surface area contributed by atoms with Crippen LogP contribution in [0.3, 0.4) is 0 Å². The van der Waals surface area contributed by atoms with Crippen molar-refractivity contribution < 1.29 is 9.53 Å². The van der Waals surface area contributed by atoms with Gasteiger partial charge in [-0.2, -0.15) is 5.10 Å². The van der Waals surface area contributed by atoms with Gasteiger partial charge in [-0.1, -0.05) is 0 Å². The molecule has 1 aliphatic heterocycles. The smallest absolute Gasteiger partial charge is 0.281 e. The molecule has 1 aromatic heterocycles. The van der Waals surface area contributed by atoms with E-state index in [1.165, 1.54) is 4.90 Å². The molecule has 8 heteroatoms. The SMILES string of the molecule is CCOc1ccc(N2C(=O)/C(=C\c3c(Br)cnn3CC)NC2=S)cc1. The number of ether oxygens (including phenoxy) is 1. The summed E-state index contributed by atoms with van der Waals surface area (Å²) in [5.41, 5.74) is 1.92. The molecule has 1 N–H and O–H groups in total. The van der Waals surface area contributed by atoms with Crippen molar-refractivity contribution in [1.82, 2.24) is 15.1 Å². The number of anilines is 1. The Labute approximate surface area is 159 Å². The van der Waals surface area contributed by atoms with Crippen LogP contribution in [-0.4, -0.2) is 27.4 Å². The maximum absolute atomic E-state index is 12.8. The summed E-state index contributed by atoms with van der Waals surface area (Å²) in [7, 11) is 0. The molecule has 2 aromatic rings. The minimum atomic E-state index is -0.204. The zero-order valence-corrected chi connectivity index (χ0v) is 16.2. The quantitative estimate of drug-likeness (QED) is 0.593. The number of hydrogen-bond acceptors (Lipinski definition) is 4. The highest BCUT2D eigenvalue weighted by Crippen LogP contribution is 2.26. The first-order chi connectivity index (χ1) is 12.0. The third kappa shape index (κ3) is 3.45. The molecule has 1 aliphatic rings. The highest BCUT2D eigenvalue weighted by Gasteiger charge is 2.32. The monoisotopic (exact) mass is 420 g/mol. The minimum absolute atomic E-state index is 0.204. The van der Waals surface area contributed by atoms with Gasteiger partial charge in [0.1, 0.15) is 11.4 Å². The van der Waals surface area contributed by atoms with E-state index in [-0.39, 0.29) is 5.91 Å². The predicted molar refractivity (Wildman–Crippen MR) is 104 cm³/mol. The maximum atomic E-state index is 12.8. The molecular weight excluding hydrogens is 404 g/mol. The number of halogens is 1. The number of aryl methyl sites for hydroxylation is 1. The van der Waals surface area contributed by atoms with Gasteiger partial charge < -0.3 is 10.1 Å². The number of carbonyl (C=O) groups excluding carboxylic acids is 1. The molecule has 0 aliphatic carbocycles. The lowest BCUT2D eigenvalue weighted by molar-refractivity contribution is -0.113. The van der Waals surface area contributed by atoms with Crippen molar-refractivity contribution >= 4 is 50.9 Å². The Morgan fingerprint density at radius 2 is 2.04 bits per heavy atom. The highest BCUT2D eigenvalue weighted by molar-refractivity contribution is 9.10. The van der Waals surface area contributed by atoms with Gasteiger partial charge in [-0.25, -0.2) is 0 Å². The van der Waals surface area contributed by atoms with E-state index in [0.29, 0.717) is 29.6 Å². The summed E-state index contributed by atoms with van der Waals surface area (Å²) in [5, 5.41) is 7.58. The Hall–Kier alpha value is -2.19. The number of aromatic nitrogens is 2. The van der Waals surface area contributed by atoms with E-state index in [1.54, 1.807) is 17.0 Å². The van der Waals surface area contributed by atoms with Crippen molar-refractivity contribution in [2.24, 2.45) is 0 Å². The third-order valence-corrected chi connectivity index (χ3v) is 4.59. The van der Waals surface area contributed by atoms with Gasteiger partial charge >= 0.3 is 0 Å². The van der Waals surface area contributed by atoms with Gasteiger partial charge in [0.05, 0.1) is 28.7 Å². The molecule has 1 amide bonds. The van der Waals surface area contributed by atoms with Crippen LogP contribution in [0.15, 0.2) is 40.6 Å². The van der Waals surface area contributed by atoms with E-state index >= 15 is 0 Å². The van der Waals surface area contributed by atoms with Gasteiger partial charge in [-0.3, -0.25) is 14.4 Å². The fraction of sp³-hybridized carbons (Fsp3) is 0.235. The van der Waals surface area contributed by atoms with Crippen LogP contribution in [0.1, 0.15) is 19.5 Å². The largest absolute Gasteiger partial charge is 0.494 e. The molecule has 1 saturated heterocycles. The van der Waals surface area contributed by atoms with Gasteiger partial charge in [-0.15, -0.1) is 0 Å². The van der Waals surface area contributed by atoms with Crippen molar-refractivity contribution in [3.05, 3.63) is 46.3 Å². The number of thiocarbonyl (C=S) groups is 1. The van der Waals surface area contributed by atoms with Gasteiger partial charge in [0.15, 0.2) is 5.11 Å². The van der Waals surface area contributed by atoms with E-state index in [4.69, 9.17) is 17.0 Å². The molecular formula is C17H17BrN4O2S. The van der Waals surface area contributed by atoms with E-state index in [1.807, 2.05) is 38.1 Å². The summed E-state index contributed by atoms with van der Waals surface area (Å²) < 4.78 is 8.05. The lowest BCUT2D eigenvalue weighted by Gasteiger charge is -2.14. The minimum Gasteiger partial charge on any atom is -0.494 e. The molecule has 0 atom stereocenters. The number of nitrogens with zero attached hydrogens (tertiary/aromatic N) is 3. The van der Waals surface area contributed by atoms with Gasteiger partial charge in [0.25, 0.3) is 5.91 Å². The van der Waals surface area contributed by atoms with Crippen molar-refractivity contribution in [1.29, 1.82) is 0 Å². The van der Waals surface area contributed by atoms with Gasteiger partial charge in [0.2, 0.25) is 0 Å². The highest BCUT2D eigenvalue weighted by atomic mass is 79.9. The molecule has 25 heavy (non-hydrogen) atoms. The van der Waals surface area contributed by atoms with E-state index in [9.17, 15) is 4.79 Å². The second-order valence-corrected chi connectivity index (χ2v) is 6.49. The van der Waals surface area contributed by atoms with Crippen molar-refractivity contribution in [2.75, 3.05) is 11.5 Å². The first-order valence-corrected chi connectivity index (χ1v) is 9.06. The third-order valence-electron chi connectivity index (χ3n) is 3.70. The van der Waals surface area contributed by atoms with E-state index in [2.05, 4.69) is 26.3 Å². The molecule has 3 rings (SSSR count). The Bertz CT molecular complexity index is 845. The molecule has 6 nitrogen and oxygen atoms in total. The van der Waals surface area contributed by atoms with Gasteiger partial charge in [-0.05, 0) is 72.3 Å². The summed E-state index contributed by atoms with van der Waals surface area (Å²) in [4.78, 5) is 14.3. The molecule has 130 valence electrons. The Morgan fingerprint density at radius 1 is 1.32 bits per heavy atom. The first-order valence-electron chi connectivity index (χ1n) is 7.86. The Kier molecular flexibility index (Phi) is 5.19. The number of carbonyl (C=O) groups is 1. The number of rotatable bonds is 5. The van der Waals surface area contributed by atoms with Crippen LogP contribution in [0.2, 0.25) is 0 Å². The van der Waals surface area contributed by atoms with Crippen molar-refractivity contribution in [3.8, 4) is 5.75 Å². The van der Waals surface area contributed by atoms with Crippen LogP contribution in [-0.2, 0) is 11.3 Å². The van der Waals surface area contributed by atoms with Crippen molar-refractivity contribution in [3.63, 3.8) is 0 Å². The van der Waals surface area contributed by atoms with E-state index < -0.39 is 0 Å². The zero-order chi connectivity index (χ0) is 18.0. The van der Waals surface area contributed by atoms with Crippen LogP contribution in [0.25, 0.3) is 6.08 Å². The lowest BCUT2D eigenvalue weighted by atomic mass is 10.2. The topological polar surface area (TPSA) is 59.4 Å². The van der Waals surface area contributed by atoms with Crippen LogP contribution in [0.5, 0.6) is 5.75 Å². The lowest BCUT2D eigenvalue weighted by Crippen LogP contribution is -2.30. The van der Waals surface area contributed by atoms with Crippen LogP contribution in [0, 0.1) is 0 Å². The standard InChI is InChI=1S/C17H17BrN4O2S/c1-3-21-15(13(18)10-19-21)9-14-16(23)22(17(25)20-14)11-5-7-12(8-6-11)24-4-2/h5-10H,3-4H2,1-2H3,(H,20,25)/b14-9+. The second kappa shape index (κ2) is 7.37. The van der Waals surface area contributed by atoms with Crippen LogP contribution >= 0.6 is 28.1 Å². The summed E-state index contributed by atoms with van der Waals surface area (Å²) in [6, 6.07) is 7.26. The summed E-state index contributed by atoms with van der Waals surface area (Å²) in [5.74, 6) is 0.549. The van der Waals surface area contributed by atoms with Crippen LogP contribution < -0.4 is 15.0 Å². The van der Waals surface area contributed by atoms with Crippen LogP contribution in [0.4, 0.5) is 5.69 Å². The molecule has 1 fully saturated rings. The molecule has 0 bridgehead atoms. The number of amides is 1. The fourth-order valence-electron chi connectivity index (χ4n) is 2.53. The predicted octanol–water partition coefficient (Wildman–Crippen LogP) is 3.33. The average Bonchev–Trinajstić information content (AvgIpc) is 3.09. The Morgan fingerprint density at radius 3 is 2.68 bits per heavy atom. The van der Waals surface area contributed by atoms with Crippen molar-refractivity contribution in [2.45, 2.75) is 20.4 Å². The fourth-order valence-corrected chi connectivity index (χ4v) is 3.24. The normalized spacial score (nSPS) is 15.8. The Balaban J connectivity index is 1.89. The first kappa shape index (κ1) is 17.6. The molecule has 0 spiro atoms. The number of nitrogens with one attached hydrogen (secondary N) is 1. The number of benzene rings is 1. The molecule has 0 unspecified atom stereocenters. The summed E-state index contributed by atoms with van der Waals surface area (Å²) >= 11 is 8.79. The summed E-state index contributed by atoms with van der Waals surface area (Å²) in [6.07, 6.45) is 3.46. The summed E-state index contributed by atoms with van der Waals surface area (Å²) in [6.45, 7) is 5.20. The molecule has 2 heterocycles. The second-order valence-electron chi connectivity index (χ2n) is 5.25. The maximum Gasteiger partial charge on any atom is 0.281 e.